The van der Waals surface area contributed by atoms with E-state index in [0.29, 0.717) is 12.1 Å². The zero-order valence-corrected chi connectivity index (χ0v) is 15.6. The minimum absolute atomic E-state index is 0.206. The minimum Gasteiger partial charge on any atom is -0.347 e. The molecule has 136 valence electrons. The summed E-state index contributed by atoms with van der Waals surface area (Å²) in [7, 11) is 0. The molecule has 2 heterocycles. The molecule has 0 atom stereocenters. The normalized spacial score (nSPS) is 11.1. The smallest absolute Gasteiger partial charge is 0.268 e. The lowest BCUT2D eigenvalue weighted by Crippen LogP contribution is -2.34. The third-order valence-corrected chi connectivity index (χ3v) is 4.66. The van der Waals surface area contributed by atoms with Crippen molar-refractivity contribution >= 4 is 29.2 Å². The molecular formula is C21H19N3O2S. The van der Waals surface area contributed by atoms with Gasteiger partial charge < -0.3 is 10.6 Å². The molecule has 0 aliphatic heterocycles. The highest BCUT2D eigenvalue weighted by atomic mass is 32.1. The Hall–Kier alpha value is -3.25. The summed E-state index contributed by atoms with van der Waals surface area (Å²) in [5, 5.41) is 7.48. The molecule has 0 saturated carbocycles. The lowest BCUT2D eigenvalue weighted by atomic mass is 10.1. The van der Waals surface area contributed by atoms with E-state index in [1.165, 1.54) is 11.3 Å². The predicted octanol–water partition coefficient (Wildman–Crippen LogP) is 3.54. The SMILES string of the molecule is Cc1ccc(C(=O)N/C(=C/c2cccs2)C(=O)NCc2ccncc2)cc1. The highest BCUT2D eigenvalue weighted by molar-refractivity contribution is 7.10. The minimum atomic E-state index is -0.347. The Morgan fingerprint density at radius 2 is 1.81 bits per heavy atom. The van der Waals surface area contributed by atoms with E-state index in [9.17, 15) is 9.59 Å². The molecular weight excluding hydrogens is 358 g/mol. The van der Waals surface area contributed by atoms with E-state index in [2.05, 4.69) is 15.6 Å². The van der Waals surface area contributed by atoms with Gasteiger partial charge in [0.1, 0.15) is 5.70 Å². The number of carbonyl (C=O) groups is 2. The quantitative estimate of drug-likeness (QED) is 0.646. The number of amides is 2. The van der Waals surface area contributed by atoms with Crippen LogP contribution in [0.2, 0.25) is 0 Å². The van der Waals surface area contributed by atoms with Crippen molar-refractivity contribution in [3.8, 4) is 0 Å². The number of rotatable bonds is 6. The van der Waals surface area contributed by atoms with Crippen LogP contribution >= 0.6 is 11.3 Å². The van der Waals surface area contributed by atoms with Crippen molar-refractivity contribution < 1.29 is 9.59 Å². The van der Waals surface area contributed by atoms with Gasteiger partial charge in [-0.05, 0) is 54.3 Å². The molecule has 0 spiro atoms. The number of hydrogen-bond acceptors (Lipinski definition) is 4. The summed E-state index contributed by atoms with van der Waals surface area (Å²) in [5.41, 5.74) is 2.70. The van der Waals surface area contributed by atoms with Crippen molar-refractivity contribution in [2.45, 2.75) is 13.5 Å². The van der Waals surface area contributed by atoms with Crippen molar-refractivity contribution in [3.05, 3.63) is 93.6 Å². The maximum Gasteiger partial charge on any atom is 0.268 e. The highest BCUT2D eigenvalue weighted by Crippen LogP contribution is 2.13. The lowest BCUT2D eigenvalue weighted by Gasteiger charge is -2.11. The third kappa shape index (κ3) is 5.36. The first kappa shape index (κ1) is 18.5. The van der Waals surface area contributed by atoms with Gasteiger partial charge in [-0.15, -0.1) is 11.3 Å². The summed E-state index contributed by atoms with van der Waals surface area (Å²) >= 11 is 1.49. The first-order valence-electron chi connectivity index (χ1n) is 8.42. The highest BCUT2D eigenvalue weighted by Gasteiger charge is 2.15. The summed E-state index contributed by atoms with van der Waals surface area (Å²) in [6.07, 6.45) is 5.02. The first-order valence-corrected chi connectivity index (χ1v) is 9.30. The lowest BCUT2D eigenvalue weighted by molar-refractivity contribution is -0.117. The zero-order valence-electron chi connectivity index (χ0n) is 14.8. The topological polar surface area (TPSA) is 71.1 Å². The van der Waals surface area contributed by atoms with Crippen molar-refractivity contribution in [2.24, 2.45) is 0 Å². The van der Waals surface area contributed by atoms with E-state index < -0.39 is 0 Å². The van der Waals surface area contributed by atoms with Crippen LogP contribution in [0.3, 0.4) is 0 Å². The van der Waals surface area contributed by atoms with Crippen LogP contribution in [0.5, 0.6) is 0 Å². The van der Waals surface area contributed by atoms with Crippen LogP contribution in [0, 0.1) is 6.92 Å². The number of aryl methyl sites for hydroxylation is 1. The number of thiophene rings is 1. The van der Waals surface area contributed by atoms with Gasteiger partial charge in [0.2, 0.25) is 0 Å². The number of pyridine rings is 1. The van der Waals surface area contributed by atoms with Crippen LogP contribution in [-0.4, -0.2) is 16.8 Å². The molecule has 1 aromatic carbocycles. The van der Waals surface area contributed by atoms with Crippen LogP contribution in [0.1, 0.15) is 26.4 Å². The van der Waals surface area contributed by atoms with Crippen molar-refractivity contribution in [1.82, 2.24) is 15.6 Å². The van der Waals surface area contributed by atoms with Crippen molar-refractivity contribution in [1.29, 1.82) is 0 Å². The van der Waals surface area contributed by atoms with E-state index in [1.807, 2.05) is 48.7 Å². The average Bonchev–Trinajstić information content (AvgIpc) is 3.20. The Labute approximate surface area is 161 Å². The molecule has 0 unspecified atom stereocenters. The monoisotopic (exact) mass is 377 g/mol. The number of nitrogens with zero attached hydrogens (tertiary/aromatic N) is 1. The van der Waals surface area contributed by atoms with Crippen molar-refractivity contribution in [2.75, 3.05) is 0 Å². The molecule has 0 radical (unpaired) electrons. The van der Waals surface area contributed by atoms with Gasteiger partial charge in [0.05, 0.1) is 0 Å². The third-order valence-electron chi connectivity index (χ3n) is 3.84. The van der Waals surface area contributed by atoms with Gasteiger partial charge in [0.25, 0.3) is 11.8 Å². The maximum atomic E-state index is 12.7. The number of nitrogens with one attached hydrogen (secondary N) is 2. The van der Waals surface area contributed by atoms with Crippen LogP contribution in [0.4, 0.5) is 0 Å². The fourth-order valence-electron chi connectivity index (χ4n) is 2.35. The summed E-state index contributed by atoms with van der Waals surface area (Å²) in [6.45, 7) is 2.31. The van der Waals surface area contributed by atoms with E-state index in [0.717, 1.165) is 16.0 Å². The molecule has 0 bridgehead atoms. The second kappa shape index (κ2) is 8.91. The molecule has 2 amide bonds. The molecule has 3 rings (SSSR count). The van der Waals surface area contributed by atoms with Gasteiger partial charge in [0.15, 0.2) is 0 Å². The second-order valence-electron chi connectivity index (χ2n) is 5.93. The van der Waals surface area contributed by atoms with Gasteiger partial charge in [0, 0.05) is 29.4 Å². The fraction of sp³-hybridized carbons (Fsp3) is 0.0952. The summed E-state index contributed by atoms with van der Waals surface area (Å²) < 4.78 is 0. The Kier molecular flexibility index (Phi) is 6.12. The molecule has 6 heteroatoms. The molecule has 0 aliphatic carbocycles. The predicted molar refractivity (Wildman–Crippen MR) is 107 cm³/mol. The van der Waals surface area contributed by atoms with E-state index >= 15 is 0 Å². The fourth-order valence-corrected chi connectivity index (χ4v) is 3.01. The Bertz CT molecular complexity index is 933. The number of carbonyl (C=O) groups excluding carboxylic acids is 2. The van der Waals surface area contributed by atoms with E-state index in [-0.39, 0.29) is 17.5 Å². The van der Waals surface area contributed by atoms with E-state index in [1.54, 1.807) is 30.6 Å². The van der Waals surface area contributed by atoms with Crippen LogP contribution in [-0.2, 0) is 11.3 Å². The molecule has 0 aliphatic rings. The molecule has 3 aromatic rings. The summed E-state index contributed by atoms with van der Waals surface area (Å²) in [5.74, 6) is -0.669. The Morgan fingerprint density at radius 1 is 1.07 bits per heavy atom. The number of aromatic nitrogens is 1. The summed E-state index contributed by atoms with van der Waals surface area (Å²) in [4.78, 5) is 30.0. The molecule has 0 saturated heterocycles. The molecule has 2 aromatic heterocycles. The maximum absolute atomic E-state index is 12.7. The van der Waals surface area contributed by atoms with E-state index in [4.69, 9.17) is 0 Å². The number of hydrogen-bond donors (Lipinski definition) is 2. The van der Waals surface area contributed by atoms with Gasteiger partial charge in [-0.3, -0.25) is 14.6 Å². The van der Waals surface area contributed by atoms with Gasteiger partial charge in [-0.25, -0.2) is 0 Å². The summed E-state index contributed by atoms with van der Waals surface area (Å²) in [6, 6.07) is 14.6. The van der Waals surface area contributed by atoms with Gasteiger partial charge in [-0.1, -0.05) is 23.8 Å². The number of benzene rings is 1. The largest absolute Gasteiger partial charge is 0.347 e. The van der Waals surface area contributed by atoms with Crippen LogP contribution < -0.4 is 10.6 Å². The average molecular weight is 377 g/mol. The molecule has 27 heavy (non-hydrogen) atoms. The Balaban J connectivity index is 1.75. The first-order chi connectivity index (χ1) is 13.1. The van der Waals surface area contributed by atoms with Gasteiger partial charge >= 0.3 is 0 Å². The zero-order chi connectivity index (χ0) is 19.1. The van der Waals surface area contributed by atoms with Crippen LogP contribution in [0.15, 0.2) is 72.0 Å². The van der Waals surface area contributed by atoms with Gasteiger partial charge in [-0.2, -0.15) is 0 Å². The molecule has 0 fully saturated rings. The standard InChI is InChI=1S/C21H19N3O2S/c1-15-4-6-17(7-5-15)20(25)24-19(13-18-3-2-12-27-18)21(26)23-14-16-8-10-22-11-9-16/h2-13H,14H2,1H3,(H,23,26)(H,24,25)/b19-13+. The van der Waals surface area contributed by atoms with Crippen molar-refractivity contribution in [3.63, 3.8) is 0 Å². The molecule has 5 nitrogen and oxygen atoms in total. The van der Waals surface area contributed by atoms with Crippen LogP contribution in [0.25, 0.3) is 6.08 Å². The second-order valence-corrected chi connectivity index (χ2v) is 6.91. The molecule has 2 N–H and O–H groups in total. The Morgan fingerprint density at radius 3 is 2.48 bits per heavy atom.